The lowest BCUT2D eigenvalue weighted by molar-refractivity contribution is -0.190. The van der Waals surface area contributed by atoms with E-state index in [-0.39, 0.29) is 18.0 Å². The summed E-state index contributed by atoms with van der Waals surface area (Å²) in [6.07, 6.45) is 2.46. The first-order valence-electron chi connectivity index (χ1n) is 8.00. The van der Waals surface area contributed by atoms with Crippen LogP contribution in [-0.2, 0) is 9.47 Å². The molecule has 3 rings (SSSR count). The van der Waals surface area contributed by atoms with Gasteiger partial charge in [-0.15, -0.1) is 0 Å². The average molecular weight is 383 g/mol. The van der Waals surface area contributed by atoms with Gasteiger partial charge in [-0.2, -0.15) is 0 Å². The van der Waals surface area contributed by atoms with Crippen LogP contribution >= 0.6 is 15.9 Å². The highest BCUT2D eigenvalue weighted by molar-refractivity contribution is 9.10. The number of halogens is 1. The van der Waals surface area contributed by atoms with Crippen LogP contribution in [0.4, 0.5) is 0 Å². The maximum absolute atomic E-state index is 12.5. The highest BCUT2D eigenvalue weighted by atomic mass is 79.9. The molecule has 1 heterocycles. The van der Waals surface area contributed by atoms with E-state index in [4.69, 9.17) is 9.47 Å². The largest absolute Gasteiger partial charge is 0.348 e. The Balaban J connectivity index is 1.68. The van der Waals surface area contributed by atoms with Crippen molar-refractivity contribution in [2.75, 3.05) is 27.3 Å². The minimum Gasteiger partial charge on any atom is -0.348 e. The first-order chi connectivity index (χ1) is 11.0. The van der Waals surface area contributed by atoms with Gasteiger partial charge in [-0.3, -0.25) is 4.79 Å². The fourth-order valence-corrected chi connectivity index (χ4v) is 3.72. The molecule has 1 aromatic rings. The smallest absolute Gasteiger partial charge is 0.251 e. The molecule has 1 saturated carbocycles. The second-order valence-corrected chi connectivity index (χ2v) is 7.38. The first kappa shape index (κ1) is 16.9. The van der Waals surface area contributed by atoms with Gasteiger partial charge in [0.05, 0.1) is 13.2 Å². The van der Waals surface area contributed by atoms with Crippen molar-refractivity contribution in [3.8, 4) is 0 Å². The second-order valence-electron chi connectivity index (χ2n) is 6.47. The predicted octanol–water partition coefficient (Wildman–Crippen LogP) is 2.40. The number of hydrogen-bond donors (Lipinski definition) is 1. The van der Waals surface area contributed by atoms with E-state index in [2.05, 4.69) is 26.1 Å². The molecule has 0 radical (unpaired) electrons. The molecule has 0 unspecified atom stereocenters. The third-order valence-electron chi connectivity index (χ3n) is 4.72. The molecule has 23 heavy (non-hydrogen) atoms. The maximum Gasteiger partial charge on any atom is 0.251 e. The van der Waals surface area contributed by atoms with Crippen molar-refractivity contribution in [2.24, 2.45) is 0 Å². The van der Waals surface area contributed by atoms with Crippen LogP contribution in [0.1, 0.15) is 29.6 Å². The van der Waals surface area contributed by atoms with E-state index in [9.17, 15) is 4.79 Å². The zero-order valence-corrected chi connectivity index (χ0v) is 15.1. The lowest BCUT2D eigenvalue weighted by Gasteiger charge is -2.44. The Morgan fingerprint density at radius 2 is 1.91 bits per heavy atom. The van der Waals surface area contributed by atoms with Gasteiger partial charge in [-0.1, -0.05) is 15.9 Å². The highest BCUT2D eigenvalue weighted by Gasteiger charge is 2.46. The van der Waals surface area contributed by atoms with Crippen molar-refractivity contribution in [1.82, 2.24) is 10.2 Å². The van der Waals surface area contributed by atoms with Crippen molar-refractivity contribution >= 4 is 21.8 Å². The number of hydrogen-bond acceptors (Lipinski definition) is 4. The standard InChI is InChI=1S/C17H23BrN2O3/c1-20(2)15-11-17(22-9-10-23-17)8-7-14(15)19-16(21)12-3-5-13(18)6-4-12/h3-6,14-15H,7-11H2,1-2H3,(H,19,21)/t14-,15-/m0/s1. The molecule has 126 valence electrons. The van der Waals surface area contributed by atoms with Crippen LogP contribution in [0.5, 0.6) is 0 Å². The summed E-state index contributed by atoms with van der Waals surface area (Å²) in [5, 5.41) is 3.19. The second kappa shape index (κ2) is 6.89. The van der Waals surface area contributed by atoms with Crippen LogP contribution in [0.2, 0.25) is 0 Å². The Kier molecular flexibility index (Phi) is 5.06. The summed E-state index contributed by atoms with van der Waals surface area (Å²) in [4.78, 5) is 14.6. The summed E-state index contributed by atoms with van der Waals surface area (Å²) < 4.78 is 12.7. The molecule has 0 bridgehead atoms. The van der Waals surface area contributed by atoms with Gasteiger partial charge in [0, 0.05) is 35.0 Å². The molecule has 2 atom stereocenters. The van der Waals surface area contributed by atoms with Crippen LogP contribution in [-0.4, -0.2) is 56.0 Å². The van der Waals surface area contributed by atoms with Gasteiger partial charge < -0.3 is 19.7 Å². The van der Waals surface area contributed by atoms with Crippen LogP contribution < -0.4 is 5.32 Å². The summed E-state index contributed by atoms with van der Waals surface area (Å²) >= 11 is 3.39. The number of benzene rings is 1. The summed E-state index contributed by atoms with van der Waals surface area (Å²) in [6, 6.07) is 7.72. The number of nitrogens with zero attached hydrogens (tertiary/aromatic N) is 1. The maximum atomic E-state index is 12.5. The molecule has 0 aromatic heterocycles. The third-order valence-corrected chi connectivity index (χ3v) is 5.25. The number of likely N-dealkylation sites (N-methyl/N-ethyl adjacent to an activating group) is 1. The number of carbonyl (C=O) groups excluding carboxylic acids is 1. The van der Waals surface area contributed by atoms with Crippen molar-refractivity contribution in [3.63, 3.8) is 0 Å². The molecule has 1 amide bonds. The number of rotatable bonds is 3. The molecule has 1 aliphatic heterocycles. The van der Waals surface area contributed by atoms with E-state index >= 15 is 0 Å². The molecule has 1 saturated heterocycles. The van der Waals surface area contributed by atoms with E-state index in [1.54, 1.807) is 0 Å². The van der Waals surface area contributed by atoms with E-state index in [1.165, 1.54) is 0 Å². The Morgan fingerprint density at radius 1 is 1.26 bits per heavy atom. The van der Waals surface area contributed by atoms with Crippen molar-refractivity contribution < 1.29 is 14.3 Å². The molecular weight excluding hydrogens is 360 g/mol. The lowest BCUT2D eigenvalue weighted by atomic mass is 9.84. The van der Waals surface area contributed by atoms with Crippen molar-refractivity contribution in [2.45, 2.75) is 37.1 Å². The third kappa shape index (κ3) is 3.76. The minimum absolute atomic E-state index is 0.0291. The fraction of sp³-hybridized carbons (Fsp3) is 0.588. The SMILES string of the molecule is CN(C)[C@H]1CC2(CC[C@@H]1NC(=O)c1ccc(Br)cc1)OCCO2. The summed E-state index contributed by atoms with van der Waals surface area (Å²) in [6.45, 7) is 1.33. The van der Waals surface area contributed by atoms with Gasteiger partial charge in [0.2, 0.25) is 0 Å². The van der Waals surface area contributed by atoms with E-state index in [0.29, 0.717) is 18.8 Å². The first-order valence-corrected chi connectivity index (χ1v) is 8.79. The molecule has 2 fully saturated rings. The Morgan fingerprint density at radius 3 is 2.52 bits per heavy atom. The molecule has 1 aromatic carbocycles. The lowest BCUT2D eigenvalue weighted by Crippen LogP contribution is -2.57. The molecule has 5 nitrogen and oxygen atoms in total. The van der Waals surface area contributed by atoms with E-state index < -0.39 is 5.79 Å². The highest BCUT2D eigenvalue weighted by Crippen LogP contribution is 2.37. The van der Waals surface area contributed by atoms with Gasteiger partial charge >= 0.3 is 0 Å². The van der Waals surface area contributed by atoms with Gasteiger partial charge in [0.15, 0.2) is 5.79 Å². The topological polar surface area (TPSA) is 50.8 Å². The molecule has 1 N–H and O–H groups in total. The summed E-state index contributed by atoms with van der Waals surface area (Å²) in [5.41, 5.74) is 0.680. The molecule has 6 heteroatoms. The summed E-state index contributed by atoms with van der Waals surface area (Å²) in [7, 11) is 4.08. The zero-order valence-electron chi connectivity index (χ0n) is 13.5. The molecule has 2 aliphatic rings. The quantitative estimate of drug-likeness (QED) is 0.871. The number of nitrogens with one attached hydrogen (secondary N) is 1. The zero-order chi connectivity index (χ0) is 16.4. The molecule has 1 spiro atoms. The molecular formula is C17H23BrN2O3. The predicted molar refractivity (Wildman–Crippen MR) is 91.4 cm³/mol. The Bertz CT molecular complexity index is 555. The normalized spacial score (nSPS) is 26.6. The average Bonchev–Trinajstić information content (AvgIpc) is 2.98. The van der Waals surface area contributed by atoms with Crippen molar-refractivity contribution in [3.05, 3.63) is 34.3 Å². The van der Waals surface area contributed by atoms with Crippen LogP contribution in [0.15, 0.2) is 28.7 Å². The minimum atomic E-state index is -0.451. The number of carbonyl (C=O) groups is 1. The van der Waals surface area contributed by atoms with Crippen LogP contribution in [0, 0.1) is 0 Å². The van der Waals surface area contributed by atoms with E-state index in [0.717, 1.165) is 23.7 Å². The Labute approximate surface area is 145 Å². The summed E-state index contributed by atoms with van der Waals surface area (Å²) in [5.74, 6) is -0.480. The molecule has 1 aliphatic carbocycles. The van der Waals surface area contributed by atoms with Gasteiger partial charge in [0.1, 0.15) is 0 Å². The monoisotopic (exact) mass is 382 g/mol. The van der Waals surface area contributed by atoms with Gasteiger partial charge in [-0.05, 0) is 44.8 Å². The van der Waals surface area contributed by atoms with Gasteiger partial charge in [-0.25, -0.2) is 0 Å². The Hall–Kier alpha value is -0.950. The van der Waals surface area contributed by atoms with Crippen LogP contribution in [0.25, 0.3) is 0 Å². The van der Waals surface area contributed by atoms with E-state index in [1.807, 2.05) is 38.4 Å². The fourth-order valence-electron chi connectivity index (χ4n) is 3.45. The van der Waals surface area contributed by atoms with Crippen LogP contribution in [0.3, 0.4) is 0 Å². The van der Waals surface area contributed by atoms with Gasteiger partial charge in [0.25, 0.3) is 5.91 Å². The van der Waals surface area contributed by atoms with Crippen molar-refractivity contribution in [1.29, 1.82) is 0 Å². The number of ether oxygens (including phenoxy) is 2. The number of amides is 1.